The standard InChI is InChI=1S/C26H43N9O11/c1-13(21(41)34-16(25(45)46)4-2-10-30-26(28)29)32-24(44)17-5-3-11-35(17)18(36)12-31-23(43)15(7-9-20(39)40)33-22(42)14(27)6-8-19(37)38/h13-17H,2-12,27H2,1H3,(H,31,43)(H,32,44)(H,33,42)(H,34,41)(H,37,38)(H,39,40)(H,45,46)(H4,28,29,30)/t13-,14-,15-,16-,17-/m0/s1. The molecule has 0 aromatic carbocycles. The van der Waals surface area contributed by atoms with Crippen LogP contribution in [0, 0.1) is 0 Å². The highest BCUT2D eigenvalue weighted by Crippen LogP contribution is 2.17. The Morgan fingerprint density at radius 2 is 1.46 bits per heavy atom. The summed E-state index contributed by atoms with van der Waals surface area (Å²) in [6.07, 6.45) is -0.538. The van der Waals surface area contributed by atoms with Crippen LogP contribution in [0.1, 0.15) is 58.3 Å². The number of guanidine groups is 1. The van der Waals surface area contributed by atoms with E-state index in [1.54, 1.807) is 0 Å². The number of rotatable bonds is 20. The number of nitrogens with two attached hydrogens (primary N) is 3. The first kappa shape index (κ1) is 39.0. The molecule has 0 aliphatic carbocycles. The highest BCUT2D eigenvalue weighted by molar-refractivity contribution is 5.95. The van der Waals surface area contributed by atoms with Crippen LogP contribution in [0.15, 0.2) is 4.99 Å². The van der Waals surface area contributed by atoms with Crippen molar-refractivity contribution in [2.45, 2.75) is 88.5 Å². The summed E-state index contributed by atoms with van der Waals surface area (Å²) < 4.78 is 0. The van der Waals surface area contributed by atoms with E-state index in [2.05, 4.69) is 26.3 Å². The Hall–Kier alpha value is -5.01. The van der Waals surface area contributed by atoms with Crippen LogP contribution in [0.5, 0.6) is 0 Å². The average molecular weight is 658 g/mol. The van der Waals surface area contributed by atoms with Crippen molar-refractivity contribution in [3.05, 3.63) is 0 Å². The molecular formula is C26H43N9O11. The maximum Gasteiger partial charge on any atom is 0.326 e. The lowest BCUT2D eigenvalue weighted by Crippen LogP contribution is -2.56. The fourth-order valence-electron chi connectivity index (χ4n) is 4.38. The van der Waals surface area contributed by atoms with E-state index in [0.717, 1.165) is 0 Å². The number of carbonyl (C=O) groups excluding carboxylic acids is 5. The van der Waals surface area contributed by atoms with Crippen molar-refractivity contribution in [1.29, 1.82) is 0 Å². The van der Waals surface area contributed by atoms with Gasteiger partial charge in [0.15, 0.2) is 5.96 Å². The molecule has 5 amide bonds. The molecule has 258 valence electrons. The van der Waals surface area contributed by atoms with Crippen LogP contribution in [0.25, 0.3) is 0 Å². The van der Waals surface area contributed by atoms with E-state index in [4.69, 9.17) is 27.4 Å². The number of nitrogens with one attached hydrogen (secondary N) is 4. The van der Waals surface area contributed by atoms with Crippen molar-refractivity contribution in [2.75, 3.05) is 19.6 Å². The fraction of sp³-hybridized carbons (Fsp3) is 0.654. The van der Waals surface area contributed by atoms with Gasteiger partial charge in [-0.3, -0.25) is 38.6 Å². The second kappa shape index (κ2) is 19.4. The molecule has 20 heteroatoms. The Morgan fingerprint density at radius 1 is 0.848 bits per heavy atom. The van der Waals surface area contributed by atoms with Gasteiger partial charge < -0.3 is 58.7 Å². The van der Waals surface area contributed by atoms with Gasteiger partial charge in [0.1, 0.15) is 24.2 Å². The molecule has 0 saturated carbocycles. The molecule has 0 aromatic rings. The van der Waals surface area contributed by atoms with E-state index in [9.17, 15) is 43.5 Å². The van der Waals surface area contributed by atoms with Crippen LogP contribution < -0.4 is 38.5 Å². The van der Waals surface area contributed by atoms with Crippen molar-refractivity contribution < 1.29 is 53.7 Å². The lowest BCUT2D eigenvalue weighted by atomic mass is 10.1. The zero-order valence-corrected chi connectivity index (χ0v) is 25.4. The van der Waals surface area contributed by atoms with E-state index in [0.29, 0.717) is 6.42 Å². The Balaban J connectivity index is 2.75. The van der Waals surface area contributed by atoms with Crippen LogP contribution in [0.2, 0.25) is 0 Å². The van der Waals surface area contributed by atoms with E-state index in [1.807, 2.05) is 0 Å². The molecule has 1 rings (SSSR count). The maximum absolute atomic E-state index is 13.0. The normalized spacial score (nSPS) is 16.6. The SMILES string of the molecule is C[C@H](NC(=O)[C@@H]1CCCN1C(=O)CNC(=O)[C@H](CCC(=O)O)NC(=O)[C@@H](N)CCC(=O)O)C(=O)N[C@@H](CCCN=C(N)N)C(=O)O. The van der Waals surface area contributed by atoms with Gasteiger partial charge in [-0.2, -0.15) is 0 Å². The van der Waals surface area contributed by atoms with E-state index < -0.39 is 97.0 Å². The summed E-state index contributed by atoms with van der Waals surface area (Å²) in [4.78, 5) is 102. The van der Waals surface area contributed by atoms with Crippen LogP contribution in [-0.4, -0.2) is 123 Å². The molecule has 1 heterocycles. The van der Waals surface area contributed by atoms with E-state index >= 15 is 0 Å². The number of hydrogen-bond donors (Lipinski definition) is 10. The third-order valence-electron chi connectivity index (χ3n) is 6.89. The highest BCUT2D eigenvalue weighted by Gasteiger charge is 2.36. The Bertz CT molecular complexity index is 1180. The summed E-state index contributed by atoms with van der Waals surface area (Å²) in [5, 5.41) is 36.6. The molecule has 0 aromatic heterocycles. The molecule has 1 aliphatic rings. The summed E-state index contributed by atoms with van der Waals surface area (Å²) in [5.74, 6) is -7.80. The molecule has 20 nitrogen and oxygen atoms in total. The van der Waals surface area contributed by atoms with Gasteiger partial charge in [0, 0.05) is 25.9 Å². The lowest BCUT2D eigenvalue weighted by Gasteiger charge is -2.26. The zero-order valence-electron chi connectivity index (χ0n) is 25.4. The van der Waals surface area contributed by atoms with Gasteiger partial charge in [-0.25, -0.2) is 4.79 Å². The minimum absolute atomic E-state index is 0.0213. The van der Waals surface area contributed by atoms with Gasteiger partial charge in [-0.05, 0) is 45.4 Å². The molecule has 1 aliphatic heterocycles. The number of likely N-dealkylation sites (tertiary alicyclic amines) is 1. The monoisotopic (exact) mass is 657 g/mol. The van der Waals surface area contributed by atoms with Gasteiger partial charge in [0.25, 0.3) is 0 Å². The van der Waals surface area contributed by atoms with Gasteiger partial charge in [-0.1, -0.05) is 0 Å². The molecule has 1 saturated heterocycles. The highest BCUT2D eigenvalue weighted by atomic mass is 16.4. The first-order chi connectivity index (χ1) is 21.5. The van der Waals surface area contributed by atoms with Gasteiger partial charge in [0.2, 0.25) is 29.5 Å². The lowest BCUT2D eigenvalue weighted by molar-refractivity contribution is -0.143. The molecule has 0 unspecified atom stereocenters. The molecule has 5 atom stereocenters. The van der Waals surface area contributed by atoms with Gasteiger partial charge in [-0.15, -0.1) is 0 Å². The Kier molecular flexibility index (Phi) is 16.4. The maximum atomic E-state index is 13.0. The molecule has 0 radical (unpaired) electrons. The number of aliphatic carboxylic acids is 3. The first-order valence-corrected chi connectivity index (χ1v) is 14.5. The van der Waals surface area contributed by atoms with Crippen LogP contribution in [0.3, 0.4) is 0 Å². The Morgan fingerprint density at radius 3 is 2.04 bits per heavy atom. The molecule has 1 fully saturated rings. The minimum atomic E-state index is -1.40. The molecule has 0 spiro atoms. The molecule has 46 heavy (non-hydrogen) atoms. The number of carboxylic acids is 3. The number of hydrogen-bond acceptors (Lipinski definition) is 10. The summed E-state index contributed by atoms with van der Waals surface area (Å²) >= 11 is 0. The van der Waals surface area contributed by atoms with Crippen LogP contribution in [-0.2, 0) is 38.4 Å². The third kappa shape index (κ3) is 14.2. The largest absolute Gasteiger partial charge is 0.481 e. The number of nitrogens with zero attached hydrogens (tertiary/aromatic N) is 2. The number of carbonyl (C=O) groups is 8. The van der Waals surface area contributed by atoms with Crippen molar-refractivity contribution in [2.24, 2.45) is 22.2 Å². The summed E-state index contributed by atoms with van der Waals surface area (Å²) in [6, 6.07) is -6.10. The molecule has 13 N–H and O–H groups in total. The van der Waals surface area contributed by atoms with E-state index in [-0.39, 0.29) is 51.2 Å². The zero-order chi connectivity index (χ0) is 35.0. The number of amides is 5. The van der Waals surface area contributed by atoms with E-state index in [1.165, 1.54) is 11.8 Å². The van der Waals surface area contributed by atoms with Crippen molar-refractivity contribution in [3.63, 3.8) is 0 Å². The van der Waals surface area contributed by atoms with Crippen LogP contribution >= 0.6 is 0 Å². The summed E-state index contributed by atoms with van der Waals surface area (Å²) in [5.41, 5.74) is 16.1. The van der Waals surface area contributed by atoms with Crippen molar-refractivity contribution in [3.8, 4) is 0 Å². The number of carboxylic acid groups (broad SMARTS) is 3. The molecule has 0 bridgehead atoms. The van der Waals surface area contributed by atoms with Crippen molar-refractivity contribution >= 4 is 53.4 Å². The van der Waals surface area contributed by atoms with Crippen molar-refractivity contribution in [1.82, 2.24) is 26.2 Å². The van der Waals surface area contributed by atoms with Gasteiger partial charge in [0.05, 0.1) is 12.6 Å². The topological polar surface area (TPSA) is 339 Å². The second-order valence-corrected chi connectivity index (χ2v) is 10.6. The second-order valence-electron chi connectivity index (χ2n) is 10.6. The molecular weight excluding hydrogens is 614 g/mol. The first-order valence-electron chi connectivity index (χ1n) is 14.5. The predicted octanol–water partition coefficient (Wildman–Crippen LogP) is -4.24. The third-order valence-corrected chi connectivity index (χ3v) is 6.89. The summed E-state index contributed by atoms with van der Waals surface area (Å²) in [7, 11) is 0. The fourth-order valence-corrected chi connectivity index (χ4v) is 4.38. The smallest absolute Gasteiger partial charge is 0.326 e. The van der Waals surface area contributed by atoms with Gasteiger partial charge >= 0.3 is 17.9 Å². The minimum Gasteiger partial charge on any atom is -0.481 e. The number of aliphatic imine (C=N–C) groups is 1. The Labute approximate surface area is 263 Å². The quantitative estimate of drug-likeness (QED) is 0.0337. The van der Waals surface area contributed by atoms with Crippen LogP contribution in [0.4, 0.5) is 0 Å². The summed E-state index contributed by atoms with van der Waals surface area (Å²) in [6.45, 7) is 1.04. The average Bonchev–Trinajstić information content (AvgIpc) is 3.47. The predicted molar refractivity (Wildman–Crippen MR) is 158 cm³/mol.